The van der Waals surface area contributed by atoms with Crippen LogP contribution >= 0.6 is 0 Å². The minimum atomic E-state index is -1.08. The summed E-state index contributed by atoms with van der Waals surface area (Å²) in [5, 5.41) is 14.1. The molecule has 108 valence electrons. The van der Waals surface area contributed by atoms with Crippen LogP contribution in [0.25, 0.3) is 0 Å². The van der Waals surface area contributed by atoms with Crippen LogP contribution in [0.4, 0.5) is 4.79 Å². The van der Waals surface area contributed by atoms with Gasteiger partial charge in [0.15, 0.2) is 0 Å². The third-order valence-electron chi connectivity index (χ3n) is 2.70. The van der Waals surface area contributed by atoms with Crippen molar-refractivity contribution in [1.82, 2.24) is 20.6 Å². The summed E-state index contributed by atoms with van der Waals surface area (Å²) in [5.74, 6) is -1.08. The van der Waals surface area contributed by atoms with E-state index in [-0.39, 0.29) is 18.3 Å². The fraction of sp³-hybridized carbons (Fsp3) is 0.143. The number of hydrogen-bond acceptors (Lipinski definition) is 4. The molecule has 0 spiro atoms. The predicted octanol–water partition coefficient (Wildman–Crippen LogP) is 1.17. The van der Waals surface area contributed by atoms with E-state index in [1.807, 2.05) is 12.1 Å². The molecule has 2 heterocycles. The topological polar surface area (TPSA) is 104 Å². The van der Waals surface area contributed by atoms with Crippen LogP contribution in [-0.4, -0.2) is 27.1 Å². The Hall–Kier alpha value is -2.96. The highest BCUT2D eigenvalue weighted by atomic mass is 16.4. The molecule has 0 aliphatic rings. The van der Waals surface area contributed by atoms with Crippen molar-refractivity contribution in [3.63, 3.8) is 0 Å². The van der Waals surface area contributed by atoms with Crippen LogP contribution in [0.15, 0.2) is 42.9 Å². The van der Waals surface area contributed by atoms with Crippen LogP contribution < -0.4 is 10.6 Å². The molecule has 0 aliphatic carbocycles. The number of hydrogen-bond donors (Lipinski definition) is 3. The first-order chi connectivity index (χ1) is 10.1. The number of carbonyl (C=O) groups excluding carboxylic acids is 1. The van der Waals surface area contributed by atoms with Crippen LogP contribution in [-0.2, 0) is 13.1 Å². The van der Waals surface area contributed by atoms with Crippen molar-refractivity contribution in [3.8, 4) is 0 Å². The van der Waals surface area contributed by atoms with Crippen molar-refractivity contribution in [2.75, 3.05) is 0 Å². The molecule has 0 unspecified atom stereocenters. The average molecular weight is 286 g/mol. The Bertz CT molecular complexity index is 614. The molecular weight excluding hydrogens is 272 g/mol. The maximum absolute atomic E-state index is 11.6. The van der Waals surface area contributed by atoms with Crippen LogP contribution in [0.1, 0.15) is 21.6 Å². The molecule has 7 heteroatoms. The largest absolute Gasteiger partial charge is 0.477 e. The summed E-state index contributed by atoms with van der Waals surface area (Å²) in [6.07, 6.45) is 4.74. The maximum Gasteiger partial charge on any atom is 0.354 e. The molecule has 2 rings (SSSR count). The standard InChI is InChI=1S/C14H14N4O3/c19-13(20)12-2-1-11(8-16-12)9-18-14(21)17-7-10-3-5-15-6-4-10/h1-6,8H,7,9H2,(H,19,20)(H2,17,18,21). The summed E-state index contributed by atoms with van der Waals surface area (Å²) < 4.78 is 0. The average Bonchev–Trinajstić information content (AvgIpc) is 2.52. The number of nitrogens with zero attached hydrogens (tertiary/aromatic N) is 2. The van der Waals surface area contributed by atoms with Gasteiger partial charge < -0.3 is 15.7 Å². The van der Waals surface area contributed by atoms with E-state index in [4.69, 9.17) is 5.11 Å². The Morgan fingerprint density at radius 2 is 1.67 bits per heavy atom. The molecule has 0 saturated carbocycles. The highest BCUT2D eigenvalue weighted by molar-refractivity contribution is 5.85. The molecule has 0 aliphatic heterocycles. The van der Waals surface area contributed by atoms with Gasteiger partial charge in [-0.1, -0.05) is 6.07 Å². The van der Waals surface area contributed by atoms with Crippen molar-refractivity contribution in [1.29, 1.82) is 0 Å². The van der Waals surface area contributed by atoms with Crippen molar-refractivity contribution >= 4 is 12.0 Å². The molecule has 0 fully saturated rings. The van der Waals surface area contributed by atoms with Crippen molar-refractivity contribution in [3.05, 3.63) is 59.7 Å². The molecule has 0 saturated heterocycles. The first kappa shape index (κ1) is 14.4. The zero-order valence-corrected chi connectivity index (χ0v) is 11.1. The minimum absolute atomic E-state index is 0.0270. The highest BCUT2D eigenvalue weighted by Crippen LogP contribution is 2.00. The zero-order chi connectivity index (χ0) is 15.1. The van der Waals surface area contributed by atoms with E-state index in [9.17, 15) is 9.59 Å². The Labute approximate surface area is 121 Å². The molecule has 2 aromatic heterocycles. The zero-order valence-electron chi connectivity index (χ0n) is 11.1. The summed E-state index contributed by atoms with van der Waals surface area (Å²) in [5.41, 5.74) is 1.65. The van der Waals surface area contributed by atoms with Crippen molar-refractivity contribution in [2.45, 2.75) is 13.1 Å². The number of aromatic carboxylic acids is 1. The van der Waals surface area contributed by atoms with Gasteiger partial charge in [0.25, 0.3) is 0 Å². The second-order valence-electron chi connectivity index (χ2n) is 4.25. The van der Waals surface area contributed by atoms with Gasteiger partial charge in [-0.3, -0.25) is 4.98 Å². The summed E-state index contributed by atoms with van der Waals surface area (Å²) in [7, 11) is 0. The van der Waals surface area contributed by atoms with Gasteiger partial charge in [0.05, 0.1) is 0 Å². The monoisotopic (exact) mass is 286 g/mol. The normalized spacial score (nSPS) is 9.90. The lowest BCUT2D eigenvalue weighted by molar-refractivity contribution is 0.0690. The van der Waals surface area contributed by atoms with Gasteiger partial charge in [0.2, 0.25) is 0 Å². The number of carboxylic acid groups (broad SMARTS) is 1. The molecule has 21 heavy (non-hydrogen) atoms. The lowest BCUT2D eigenvalue weighted by Crippen LogP contribution is -2.34. The number of aromatic nitrogens is 2. The molecule has 2 aromatic rings. The Morgan fingerprint density at radius 3 is 2.24 bits per heavy atom. The molecule has 0 aromatic carbocycles. The molecule has 0 atom stereocenters. The summed E-state index contributed by atoms with van der Waals surface area (Å²) in [6.45, 7) is 0.680. The summed E-state index contributed by atoms with van der Waals surface area (Å²) in [6, 6.07) is 6.33. The van der Waals surface area contributed by atoms with Gasteiger partial charge in [-0.25, -0.2) is 14.6 Å². The van der Waals surface area contributed by atoms with E-state index in [0.717, 1.165) is 11.1 Å². The second-order valence-corrected chi connectivity index (χ2v) is 4.25. The maximum atomic E-state index is 11.6. The fourth-order valence-electron chi connectivity index (χ4n) is 1.58. The van der Waals surface area contributed by atoms with Crippen LogP contribution in [0.3, 0.4) is 0 Å². The number of urea groups is 1. The Morgan fingerprint density at radius 1 is 1.00 bits per heavy atom. The van der Waals surface area contributed by atoms with Gasteiger partial charge in [0, 0.05) is 31.7 Å². The molecule has 2 amide bonds. The van der Waals surface area contributed by atoms with E-state index in [0.29, 0.717) is 6.54 Å². The second kappa shape index (κ2) is 6.99. The smallest absolute Gasteiger partial charge is 0.354 e. The van der Waals surface area contributed by atoms with E-state index in [1.54, 1.807) is 18.5 Å². The van der Waals surface area contributed by atoms with E-state index >= 15 is 0 Å². The SMILES string of the molecule is O=C(NCc1ccncc1)NCc1ccc(C(=O)O)nc1. The van der Waals surface area contributed by atoms with E-state index in [1.165, 1.54) is 12.3 Å². The van der Waals surface area contributed by atoms with E-state index in [2.05, 4.69) is 20.6 Å². The molecule has 3 N–H and O–H groups in total. The van der Waals surface area contributed by atoms with Crippen molar-refractivity contribution in [2.24, 2.45) is 0 Å². The Balaban J connectivity index is 1.77. The first-order valence-corrected chi connectivity index (χ1v) is 6.24. The third-order valence-corrected chi connectivity index (χ3v) is 2.70. The lowest BCUT2D eigenvalue weighted by atomic mass is 10.2. The third kappa shape index (κ3) is 4.57. The highest BCUT2D eigenvalue weighted by Gasteiger charge is 2.04. The lowest BCUT2D eigenvalue weighted by Gasteiger charge is -2.07. The number of amides is 2. The van der Waals surface area contributed by atoms with Crippen LogP contribution in [0.2, 0.25) is 0 Å². The van der Waals surface area contributed by atoms with Crippen LogP contribution in [0, 0.1) is 0 Å². The summed E-state index contributed by atoms with van der Waals surface area (Å²) >= 11 is 0. The fourth-order valence-corrected chi connectivity index (χ4v) is 1.58. The van der Waals surface area contributed by atoms with Gasteiger partial charge in [-0.05, 0) is 29.3 Å². The van der Waals surface area contributed by atoms with Gasteiger partial charge >= 0.3 is 12.0 Å². The van der Waals surface area contributed by atoms with Crippen molar-refractivity contribution < 1.29 is 14.7 Å². The summed E-state index contributed by atoms with van der Waals surface area (Å²) in [4.78, 5) is 29.9. The minimum Gasteiger partial charge on any atom is -0.477 e. The number of carbonyl (C=O) groups is 2. The quantitative estimate of drug-likeness (QED) is 0.765. The number of carboxylic acids is 1. The van der Waals surface area contributed by atoms with E-state index < -0.39 is 5.97 Å². The van der Waals surface area contributed by atoms with Gasteiger partial charge in [-0.15, -0.1) is 0 Å². The number of pyridine rings is 2. The molecule has 0 radical (unpaired) electrons. The molecule has 7 nitrogen and oxygen atoms in total. The molecular formula is C14H14N4O3. The first-order valence-electron chi connectivity index (χ1n) is 6.24. The van der Waals surface area contributed by atoms with Gasteiger partial charge in [0.1, 0.15) is 5.69 Å². The molecule has 0 bridgehead atoms. The number of rotatable bonds is 5. The predicted molar refractivity (Wildman–Crippen MR) is 74.5 cm³/mol. The number of nitrogens with one attached hydrogen (secondary N) is 2. The van der Waals surface area contributed by atoms with Crippen LogP contribution in [0.5, 0.6) is 0 Å². The van der Waals surface area contributed by atoms with Gasteiger partial charge in [-0.2, -0.15) is 0 Å². The Kier molecular flexibility index (Phi) is 4.81.